The number of amides is 1. The van der Waals surface area contributed by atoms with Gasteiger partial charge >= 0.3 is 5.97 Å². The van der Waals surface area contributed by atoms with Gasteiger partial charge in [-0.2, -0.15) is 0 Å². The fourth-order valence-electron chi connectivity index (χ4n) is 4.53. The maximum absolute atomic E-state index is 13.4. The Bertz CT molecular complexity index is 1210. The molecule has 1 amide bonds. The maximum Gasteiger partial charge on any atom is 0.308 e. The molecule has 1 fully saturated rings. The number of hydrogen-bond acceptors (Lipinski definition) is 7. The van der Waals surface area contributed by atoms with E-state index < -0.39 is 23.7 Å². The Morgan fingerprint density at radius 3 is 2.42 bits per heavy atom. The van der Waals surface area contributed by atoms with Crippen molar-refractivity contribution < 1.29 is 29.0 Å². The van der Waals surface area contributed by atoms with Crippen molar-refractivity contribution in [2.45, 2.75) is 47.6 Å². The van der Waals surface area contributed by atoms with Gasteiger partial charge in [-0.25, -0.2) is 0 Å². The lowest BCUT2D eigenvalue weighted by Gasteiger charge is -2.28. The topological polar surface area (TPSA) is 96.4 Å². The van der Waals surface area contributed by atoms with Crippen LogP contribution in [-0.4, -0.2) is 65.4 Å². The third-order valence-corrected chi connectivity index (χ3v) is 6.55. The molecule has 8 nitrogen and oxygen atoms in total. The van der Waals surface area contributed by atoms with Crippen molar-refractivity contribution in [2.75, 3.05) is 32.8 Å². The molecule has 1 heterocycles. The Morgan fingerprint density at radius 2 is 1.82 bits per heavy atom. The summed E-state index contributed by atoms with van der Waals surface area (Å²) in [5, 5.41) is 11.4. The van der Waals surface area contributed by atoms with Gasteiger partial charge in [0.05, 0.1) is 18.2 Å². The summed E-state index contributed by atoms with van der Waals surface area (Å²) < 4.78 is 11.1. The molecule has 0 aliphatic carbocycles. The average molecular weight is 523 g/mol. The highest BCUT2D eigenvalue weighted by Crippen LogP contribution is 2.40. The Hall–Kier alpha value is -3.65. The number of aliphatic hydroxyl groups excluding tert-OH is 1. The number of ketones is 1. The van der Waals surface area contributed by atoms with Crippen LogP contribution in [0.1, 0.15) is 57.4 Å². The van der Waals surface area contributed by atoms with Crippen molar-refractivity contribution in [1.82, 2.24) is 9.80 Å². The number of carbonyl (C=O) groups is 3. The quantitative estimate of drug-likeness (QED) is 0.150. The minimum atomic E-state index is -0.835. The summed E-state index contributed by atoms with van der Waals surface area (Å²) in [4.78, 5) is 41.8. The van der Waals surface area contributed by atoms with Gasteiger partial charge in [-0.15, -0.1) is 0 Å². The monoisotopic (exact) mass is 522 g/mol. The number of likely N-dealkylation sites (tertiary alicyclic amines) is 1. The van der Waals surface area contributed by atoms with Gasteiger partial charge in [-0.05, 0) is 67.4 Å². The van der Waals surface area contributed by atoms with Crippen molar-refractivity contribution in [3.63, 3.8) is 0 Å². The molecule has 0 spiro atoms. The molecule has 0 aromatic heterocycles. The average Bonchev–Trinajstić information content (AvgIpc) is 3.12. The Balaban J connectivity index is 2.09. The molecule has 1 aliphatic heterocycles. The van der Waals surface area contributed by atoms with E-state index in [-0.39, 0.29) is 11.3 Å². The number of benzene rings is 2. The van der Waals surface area contributed by atoms with Gasteiger partial charge in [0, 0.05) is 25.6 Å². The Morgan fingerprint density at radius 1 is 1.11 bits per heavy atom. The Kier molecular flexibility index (Phi) is 9.69. The molecule has 2 aromatic carbocycles. The number of likely N-dealkylation sites (N-methyl/N-ethyl adjacent to an activating group) is 1. The van der Waals surface area contributed by atoms with Crippen molar-refractivity contribution in [2.24, 2.45) is 5.92 Å². The zero-order valence-corrected chi connectivity index (χ0v) is 23.1. The zero-order chi connectivity index (χ0) is 28.0. The van der Waals surface area contributed by atoms with Crippen LogP contribution >= 0.6 is 0 Å². The van der Waals surface area contributed by atoms with Crippen LogP contribution in [-0.2, 0) is 14.4 Å². The normalized spacial score (nSPS) is 16.9. The van der Waals surface area contributed by atoms with Gasteiger partial charge in [0.2, 0.25) is 0 Å². The third kappa shape index (κ3) is 6.61. The van der Waals surface area contributed by atoms with Gasteiger partial charge in [-0.3, -0.25) is 14.4 Å². The first-order valence-electron chi connectivity index (χ1n) is 13.1. The van der Waals surface area contributed by atoms with Crippen LogP contribution in [0.25, 0.3) is 5.76 Å². The second kappa shape index (κ2) is 12.7. The molecule has 1 saturated heterocycles. The van der Waals surface area contributed by atoms with Crippen LogP contribution in [0, 0.1) is 12.8 Å². The minimum Gasteiger partial charge on any atom is -0.507 e. The lowest BCUT2D eigenvalue weighted by molar-refractivity contribution is -0.140. The highest BCUT2D eigenvalue weighted by atomic mass is 16.5. The van der Waals surface area contributed by atoms with E-state index in [4.69, 9.17) is 9.47 Å². The van der Waals surface area contributed by atoms with E-state index in [0.717, 1.165) is 18.7 Å². The van der Waals surface area contributed by atoms with Crippen molar-refractivity contribution in [3.05, 3.63) is 64.7 Å². The smallest absolute Gasteiger partial charge is 0.308 e. The fourth-order valence-corrected chi connectivity index (χ4v) is 4.53. The van der Waals surface area contributed by atoms with Gasteiger partial charge < -0.3 is 24.4 Å². The third-order valence-electron chi connectivity index (χ3n) is 6.55. The highest BCUT2D eigenvalue weighted by Gasteiger charge is 2.46. The largest absolute Gasteiger partial charge is 0.507 e. The molecule has 1 aliphatic rings. The molecule has 0 radical (unpaired) electrons. The van der Waals surface area contributed by atoms with Crippen molar-refractivity contribution in [1.29, 1.82) is 0 Å². The summed E-state index contributed by atoms with van der Waals surface area (Å²) >= 11 is 0. The zero-order valence-electron chi connectivity index (χ0n) is 23.1. The van der Waals surface area contributed by atoms with Gasteiger partial charge in [0.1, 0.15) is 17.3 Å². The van der Waals surface area contributed by atoms with Crippen molar-refractivity contribution in [3.8, 4) is 11.5 Å². The number of rotatable bonds is 11. The standard InChI is InChI=1S/C30H38N2O6/c1-7-31(8-2)14-15-32-27(22-10-9-11-24(17-22)38-21(6)33)26(29(35)30(32)36)28(34)23-12-13-25(20(5)16-23)37-18-19(3)4/h9-13,16-17,19,27,34H,7-8,14-15,18H2,1-6H3/b28-26+. The fraction of sp³-hybridized carbons (Fsp3) is 0.433. The summed E-state index contributed by atoms with van der Waals surface area (Å²) in [5.41, 5.74) is 1.79. The lowest BCUT2D eigenvalue weighted by Crippen LogP contribution is -2.38. The lowest BCUT2D eigenvalue weighted by atomic mass is 9.94. The van der Waals surface area contributed by atoms with E-state index in [2.05, 4.69) is 18.7 Å². The van der Waals surface area contributed by atoms with E-state index >= 15 is 0 Å². The molecule has 1 N–H and O–H groups in total. The number of aliphatic hydroxyl groups is 1. The molecular formula is C30H38N2O6. The summed E-state index contributed by atoms with van der Waals surface area (Å²) in [6.07, 6.45) is 0. The van der Waals surface area contributed by atoms with Gasteiger partial charge in [0.25, 0.3) is 11.7 Å². The summed E-state index contributed by atoms with van der Waals surface area (Å²) in [7, 11) is 0. The summed E-state index contributed by atoms with van der Waals surface area (Å²) in [6, 6.07) is 11.1. The van der Waals surface area contributed by atoms with E-state index in [1.807, 2.05) is 20.8 Å². The molecule has 0 saturated carbocycles. The molecule has 38 heavy (non-hydrogen) atoms. The highest BCUT2D eigenvalue weighted by molar-refractivity contribution is 6.46. The number of nitrogens with zero attached hydrogens (tertiary/aromatic N) is 2. The molecule has 2 aromatic rings. The summed E-state index contributed by atoms with van der Waals surface area (Å²) in [5.74, 6) is -0.800. The Labute approximate surface area is 224 Å². The number of Topliss-reactive ketones (excluding diaryl/α,β-unsaturated/α-hetero) is 1. The van der Waals surface area contributed by atoms with E-state index in [9.17, 15) is 19.5 Å². The molecule has 1 atom stereocenters. The molecule has 3 rings (SSSR count). The molecular weight excluding hydrogens is 484 g/mol. The number of hydrogen-bond donors (Lipinski definition) is 1. The van der Waals surface area contributed by atoms with Gasteiger partial charge in [-0.1, -0.05) is 39.8 Å². The SMILES string of the molecule is CCN(CC)CCN1C(=O)C(=O)/C(=C(/O)c2ccc(OCC(C)C)c(C)c2)C1c1cccc(OC(C)=O)c1. The summed E-state index contributed by atoms with van der Waals surface area (Å²) in [6.45, 7) is 14.4. The van der Waals surface area contributed by atoms with Gasteiger partial charge in [0.15, 0.2) is 0 Å². The molecule has 0 bridgehead atoms. The molecule has 1 unspecified atom stereocenters. The van der Waals surface area contributed by atoms with Crippen LogP contribution < -0.4 is 9.47 Å². The van der Waals surface area contributed by atoms with Crippen molar-refractivity contribution >= 4 is 23.4 Å². The predicted molar refractivity (Wildman–Crippen MR) is 146 cm³/mol. The predicted octanol–water partition coefficient (Wildman–Crippen LogP) is 4.72. The second-order valence-corrected chi connectivity index (χ2v) is 9.87. The minimum absolute atomic E-state index is 0.00442. The molecule has 204 valence electrons. The van der Waals surface area contributed by atoms with Crippen LogP contribution in [0.4, 0.5) is 0 Å². The number of ether oxygens (including phenoxy) is 2. The second-order valence-electron chi connectivity index (χ2n) is 9.87. The number of esters is 1. The van der Waals surface area contributed by atoms with Crippen LogP contribution in [0.2, 0.25) is 0 Å². The van der Waals surface area contributed by atoms with E-state index in [1.165, 1.54) is 11.8 Å². The first kappa shape index (κ1) is 28.9. The first-order valence-corrected chi connectivity index (χ1v) is 13.1. The van der Waals surface area contributed by atoms with E-state index in [0.29, 0.717) is 48.2 Å². The number of carbonyl (C=O) groups excluding carboxylic acids is 3. The van der Waals surface area contributed by atoms with Crippen LogP contribution in [0.3, 0.4) is 0 Å². The maximum atomic E-state index is 13.4. The first-order chi connectivity index (χ1) is 18.1. The van der Waals surface area contributed by atoms with Crippen LogP contribution in [0.15, 0.2) is 48.0 Å². The van der Waals surface area contributed by atoms with E-state index in [1.54, 1.807) is 42.5 Å². The number of aryl methyl sites for hydroxylation is 1. The van der Waals surface area contributed by atoms with Crippen LogP contribution in [0.5, 0.6) is 11.5 Å². The molecule has 8 heteroatoms.